The van der Waals surface area contributed by atoms with Crippen molar-refractivity contribution in [1.82, 2.24) is 4.98 Å². The second-order valence-corrected chi connectivity index (χ2v) is 7.50. The lowest BCUT2D eigenvalue weighted by molar-refractivity contribution is 0.587. The molecular weight excluding hydrogens is 236 g/mol. The fourth-order valence-corrected chi connectivity index (χ4v) is 1.78. The van der Waals surface area contributed by atoms with Crippen LogP contribution in [0.2, 0.25) is 0 Å². The quantitative estimate of drug-likeness (QED) is 0.893. The lowest BCUT2D eigenvalue weighted by Gasteiger charge is -2.18. The van der Waals surface area contributed by atoms with E-state index >= 15 is 0 Å². The first kappa shape index (κ1) is 14.0. The summed E-state index contributed by atoms with van der Waals surface area (Å²) in [5.74, 6) is 0.831. The van der Waals surface area contributed by atoms with Gasteiger partial charge in [0.05, 0.1) is 5.75 Å². The maximum Gasteiger partial charge on any atom is 0.149 e. The molecule has 0 spiro atoms. The van der Waals surface area contributed by atoms with E-state index in [9.17, 15) is 8.42 Å². The van der Waals surface area contributed by atoms with Crippen LogP contribution in [0.5, 0.6) is 0 Å². The number of pyridine rings is 1. The van der Waals surface area contributed by atoms with E-state index < -0.39 is 9.84 Å². The summed E-state index contributed by atoms with van der Waals surface area (Å²) >= 11 is 0. The summed E-state index contributed by atoms with van der Waals surface area (Å²) in [6, 6.07) is 3.89. The van der Waals surface area contributed by atoms with Crippen LogP contribution < -0.4 is 5.32 Å². The number of hydrogen-bond acceptors (Lipinski definition) is 4. The molecular formula is C12H20N2O2S. The molecule has 0 atom stereocenters. The Morgan fingerprint density at radius 2 is 1.94 bits per heavy atom. The van der Waals surface area contributed by atoms with Crippen LogP contribution in [0.1, 0.15) is 26.3 Å². The first-order valence-corrected chi connectivity index (χ1v) is 7.63. The molecule has 0 saturated heterocycles. The first-order valence-electron chi connectivity index (χ1n) is 5.56. The number of nitrogens with zero attached hydrogens (tertiary/aromatic N) is 1. The van der Waals surface area contributed by atoms with Crippen LogP contribution in [0.15, 0.2) is 18.3 Å². The van der Waals surface area contributed by atoms with Gasteiger partial charge in [-0.1, -0.05) is 26.8 Å². The van der Waals surface area contributed by atoms with Crippen molar-refractivity contribution in [2.24, 2.45) is 0 Å². The van der Waals surface area contributed by atoms with Gasteiger partial charge < -0.3 is 5.32 Å². The Kier molecular flexibility index (Phi) is 4.14. The number of rotatable bonds is 4. The summed E-state index contributed by atoms with van der Waals surface area (Å²) in [6.45, 7) is 6.77. The van der Waals surface area contributed by atoms with Crippen molar-refractivity contribution in [3.63, 3.8) is 0 Å². The second kappa shape index (κ2) is 5.04. The molecule has 1 heterocycles. The largest absolute Gasteiger partial charge is 0.369 e. The second-order valence-electron chi connectivity index (χ2n) is 5.24. The van der Waals surface area contributed by atoms with E-state index in [0.717, 1.165) is 5.56 Å². The van der Waals surface area contributed by atoms with Crippen LogP contribution in [0.4, 0.5) is 5.82 Å². The highest BCUT2D eigenvalue weighted by atomic mass is 32.2. The normalized spacial score (nSPS) is 12.5. The number of aromatic nitrogens is 1. The molecule has 0 fully saturated rings. The Labute approximate surface area is 103 Å². The minimum absolute atomic E-state index is 0.0816. The molecule has 0 saturated carbocycles. The third-order valence-electron chi connectivity index (χ3n) is 2.41. The molecule has 4 nitrogen and oxygen atoms in total. The van der Waals surface area contributed by atoms with Gasteiger partial charge in [-0.2, -0.15) is 0 Å². The van der Waals surface area contributed by atoms with E-state index in [0.29, 0.717) is 12.4 Å². The maximum absolute atomic E-state index is 10.9. The SMILES string of the molecule is CC(C)(C)c1ccc(NCCS(C)(=O)=O)nc1. The van der Waals surface area contributed by atoms with E-state index in [1.54, 1.807) is 0 Å². The Bertz CT molecular complexity index is 458. The molecule has 0 amide bonds. The molecule has 0 bridgehead atoms. The first-order chi connectivity index (χ1) is 7.68. The van der Waals surface area contributed by atoms with Crippen LogP contribution in [-0.2, 0) is 15.3 Å². The smallest absolute Gasteiger partial charge is 0.149 e. The molecule has 0 radical (unpaired) electrons. The summed E-state index contributed by atoms with van der Waals surface area (Å²) in [5, 5.41) is 2.99. The van der Waals surface area contributed by atoms with Gasteiger partial charge in [-0.25, -0.2) is 13.4 Å². The summed E-state index contributed by atoms with van der Waals surface area (Å²) in [4.78, 5) is 4.26. The lowest BCUT2D eigenvalue weighted by atomic mass is 9.88. The topological polar surface area (TPSA) is 59.1 Å². The highest BCUT2D eigenvalue weighted by Crippen LogP contribution is 2.21. The zero-order valence-corrected chi connectivity index (χ0v) is 11.6. The molecule has 0 aliphatic rings. The third kappa shape index (κ3) is 5.17. The predicted molar refractivity (Wildman–Crippen MR) is 71.1 cm³/mol. The van der Waals surface area contributed by atoms with Gasteiger partial charge in [-0.15, -0.1) is 0 Å². The van der Waals surface area contributed by atoms with E-state index in [1.807, 2.05) is 18.3 Å². The zero-order valence-electron chi connectivity index (χ0n) is 10.8. The molecule has 96 valence electrons. The molecule has 0 aliphatic heterocycles. The molecule has 0 unspecified atom stereocenters. The van der Waals surface area contributed by atoms with E-state index in [4.69, 9.17) is 0 Å². The maximum atomic E-state index is 10.9. The summed E-state index contributed by atoms with van der Waals surface area (Å²) < 4.78 is 21.9. The van der Waals surface area contributed by atoms with Crippen LogP contribution in [-0.4, -0.2) is 32.0 Å². The van der Waals surface area contributed by atoms with Crippen molar-refractivity contribution >= 4 is 15.7 Å². The van der Waals surface area contributed by atoms with Crippen molar-refractivity contribution in [1.29, 1.82) is 0 Å². The van der Waals surface area contributed by atoms with E-state index in [2.05, 4.69) is 31.1 Å². The van der Waals surface area contributed by atoms with Gasteiger partial charge in [0.2, 0.25) is 0 Å². The molecule has 5 heteroatoms. The van der Waals surface area contributed by atoms with Gasteiger partial charge in [-0.3, -0.25) is 0 Å². The number of anilines is 1. The van der Waals surface area contributed by atoms with E-state index in [1.165, 1.54) is 6.26 Å². The minimum Gasteiger partial charge on any atom is -0.369 e. The number of sulfone groups is 1. The monoisotopic (exact) mass is 256 g/mol. The van der Waals surface area contributed by atoms with Crippen molar-refractivity contribution in [2.45, 2.75) is 26.2 Å². The van der Waals surface area contributed by atoms with Crippen LogP contribution in [0, 0.1) is 0 Å². The van der Waals surface area contributed by atoms with Crippen LogP contribution >= 0.6 is 0 Å². The molecule has 17 heavy (non-hydrogen) atoms. The molecule has 1 aromatic heterocycles. The van der Waals surface area contributed by atoms with Gasteiger partial charge >= 0.3 is 0 Å². The lowest BCUT2D eigenvalue weighted by Crippen LogP contribution is -2.15. The zero-order chi connectivity index (χ0) is 13.1. The average Bonchev–Trinajstić information content (AvgIpc) is 2.15. The highest BCUT2D eigenvalue weighted by molar-refractivity contribution is 7.90. The highest BCUT2D eigenvalue weighted by Gasteiger charge is 2.13. The van der Waals surface area contributed by atoms with Crippen molar-refractivity contribution in [2.75, 3.05) is 23.9 Å². The molecule has 1 rings (SSSR count). The Morgan fingerprint density at radius 1 is 1.29 bits per heavy atom. The van der Waals surface area contributed by atoms with E-state index in [-0.39, 0.29) is 11.2 Å². The predicted octanol–water partition coefficient (Wildman–Crippen LogP) is 1.84. The molecule has 1 aromatic rings. The average molecular weight is 256 g/mol. The Hall–Kier alpha value is -1.10. The fourth-order valence-electron chi connectivity index (χ4n) is 1.31. The van der Waals surface area contributed by atoms with Crippen LogP contribution in [0.25, 0.3) is 0 Å². The molecule has 1 N–H and O–H groups in total. The Morgan fingerprint density at radius 3 is 2.35 bits per heavy atom. The Balaban J connectivity index is 2.58. The summed E-state index contributed by atoms with van der Waals surface area (Å²) in [6.07, 6.45) is 3.05. The van der Waals surface area contributed by atoms with Crippen molar-refractivity contribution in [3.8, 4) is 0 Å². The van der Waals surface area contributed by atoms with Gasteiger partial charge in [-0.05, 0) is 17.0 Å². The number of hydrogen-bond donors (Lipinski definition) is 1. The van der Waals surface area contributed by atoms with Gasteiger partial charge in [0, 0.05) is 19.0 Å². The van der Waals surface area contributed by atoms with Gasteiger partial charge in [0.1, 0.15) is 15.7 Å². The van der Waals surface area contributed by atoms with Gasteiger partial charge in [0.15, 0.2) is 0 Å². The third-order valence-corrected chi connectivity index (χ3v) is 3.35. The summed E-state index contributed by atoms with van der Waals surface area (Å²) in [5.41, 5.74) is 1.24. The fraction of sp³-hybridized carbons (Fsp3) is 0.583. The molecule has 0 aromatic carbocycles. The van der Waals surface area contributed by atoms with Crippen LogP contribution in [0.3, 0.4) is 0 Å². The minimum atomic E-state index is -2.92. The van der Waals surface area contributed by atoms with Gasteiger partial charge in [0.25, 0.3) is 0 Å². The molecule has 0 aliphatic carbocycles. The standard InChI is InChI=1S/C12H20N2O2S/c1-12(2,3)10-5-6-11(14-9-10)13-7-8-17(4,15)16/h5-6,9H,7-8H2,1-4H3,(H,13,14). The summed E-state index contributed by atoms with van der Waals surface area (Å²) in [7, 11) is -2.92. The number of nitrogens with one attached hydrogen (secondary N) is 1. The van der Waals surface area contributed by atoms with Crippen molar-refractivity contribution < 1.29 is 8.42 Å². The van der Waals surface area contributed by atoms with Crippen molar-refractivity contribution in [3.05, 3.63) is 23.9 Å².